The molecule has 0 bridgehead atoms. The Balaban J connectivity index is 1.36. The highest BCUT2D eigenvalue weighted by atomic mass is 32.2. The summed E-state index contributed by atoms with van der Waals surface area (Å²) in [7, 11) is -0.858. The molecule has 1 saturated carbocycles. The number of nitrogens with one attached hydrogen (secondary N) is 1. The molecule has 3 amide bonds. The lowest BCUT2D eigenvalue weighted by Crippen LogP contribution is -2.57. The molecule has 2 heterocycles. The predicted octanol–water partition coefficient (Wildman–Crippen LogP) is 4.53. The summed E-state index contributed by atoms with van der Waals surface area (Å²) >= 11 is 1.48. The summed E-state index contributed by atoms with van der Waals surface area (Å²) < 4.78 is 40.0. The van der Waals surface area contributed by atoms with Crippen molar-refractivity contribution in [2.45, 2.75) is 82.2 Å². The van der Waals surface area contributed by atoms with Gasteiger partial charge in [0.05, 0.1) is 43.0 Å². The number of aliphatic hydroxyl groups excluding tert-OH is 1. The third-order valence-electron chi connectivity index (χ3n) is 9.70. The van der Waals surface area contributed by atoms with Gasteiger partial charge in [-0.2, -0.15) is 4.31 Å². The van der Waals surface area contributed by atoms with Crippen molar-refractivity contribution in [2.75, 3.05) is 40.4 Å². The summed E-state index contributed by atoms with van der Waals surface area (Å²) in [4.78, 5) is 35.8. The van der Waals surface area contributed by atoms with Gasteiger partial charge >= 0.3 is 6.03 Å². The van der Waals surface area contributed by atoms with Crippen LogP contribution in [0, 0.1) is 11.8 Å². The first-order valence-corrected chi connectivity index (χ1v) is 20.0. The predicted molar refractivity (Wildman–Crippen MR) is 196 cm³/mol. The standard InChI is InChI=1S/C37H51N5O7S2/c1-26(2)35(42-19-18-40(37(42)45)22-29-25-50-34(38-29)24-48-3)36(44)39-32(20-27-10-6-5-7-11-27)33(43)23-41(21-28-12-8-9-13-28)51(46,47)31-16-14-30(49-4)15-17-31/h5-7,10-11,14-17,25-26,28,32-33,35,43H,8-9,12-13,18-24H2,1-4H3,(H,39,44)/t32?,33-,35-/m0/s1. The van der Waals surface area contributed by atoms with E-state index >= 15 is 0 Å². The molecule has 1 aliphatic heterocycles. The van der Waals surface area contributed by atoms with Crippen LogP contribution in [0.4, 0.5) is 4.79 Å². The van der Waals surface area contributed by atoms with Crippen LogP contribution in [-0.2, 0) is 39.1 Å². The minimum atomic E-state index is -3.99. The third-order valence-corrected chi connectivity index (χ3v) is 12.4. The lowest BCUT2D eigenvalue weighted by molar-refractivity contribution is -0.128. The normalized spacial score (nSPS) is 17.4. The molecule has 0 spiro atoms. The Labute approximate surface area is 305 Å². The first-order valence-electron chi connectivity index (χ1n) is 17.6. The Bertz CT molecular complexity index is 1680. The zero-order valence-electron chi connectivity index (χ0n) is 29.9. The summed E-state index contributed by atoms with van der Waals surface area (Å²) in [5.41, 5.74) is 1.65. The van der Waals surface area contributed by atoms with Gasteiger partial charge in [0, 0.05) is 38.7 Å². The fraction of sp³-hybridized carbons (Fsp3) is 0.541. The zero-order chi connectivity index (χ0) is 36.5. The zero-order valence-corrected chi connectivity index (χ0v) is 31.6. The van der Waals surface area contributed by atoms with Crippen molar-refractivity contribution in [1.29, 1.82) is 0 Å². The Morgan fingerprint density at radius 3 is 2.43 bits per heavy atom. The van der Waals surface area contributed by atoms with Gasteiger partial charge in [-0.15, -0.1) is 11.3 Å². The molecule has 1 unspecified atom stereocenters. The first-order chi connectivity index (χ1) is 24.5. The topological polar surface area (TPSA) is 142 Å². The minimum Gasteiger partial charge on any atom is -0.497 e. The van der Waals surface area contributed by atoms with Crippen LogP contribution in [0.2, 0.25) is 0 Å². The summed E-state index contributed by atoms with van der Waals surface area (Å²) in [5, 5.41) is 17.7. The highest BCUT2D eigenvalue weighted by Gasteiger charge is 2.41. The van der Waals surface area contributed by atoms with Gasteiger partial charge in [0.25, 0.3) is 0 Å². The van der Waals surface area contributed by atoms with Crippen molar-refractivity contribution in [3.05, 3.63) is 76.2 Å². The van der Waals surface area contributed by atoms with E-state index in [2.05, 4.69) is 10.3 Å². The SMILES string of the molecule is COCc1nc(CN2CCN([C@H](C(=O)NC(Cc3ccccc3)[C@@H](O)CN(CC3CCCC3)S(=O)(=O)c3ccc(OC)cc3)C(C)C)C2=O)cs1. The third kappa shape index (κ3) is 9.86. The van der Waals surface area contributed by atoms with E-state index in [0.29, 0.717) is 32.0 Å². The van der Waals surface area contributed by atoms with Crippen LogP contribution in [0.5, 0.6) is 5.75 Å². The van der Waals surface area contributed by atoms with Crippen LogP contribution in [0.15, 0.2) is 64.9 Å². The van der Waals surface area contributed by atoms with E-state index < -0.39 is 34.1 Å². The van der Waals surface area contributed by atoms with Crippen LogP contribution < -0.4 is 10.1 Å². The molecule has 2 aliphatic rings. The summed E-state index contributed by atoms with van der Waals surface area (Å²) in [5.74, 6) is 0.0974. The molecule has 3 atom stereocenters. The fourth-order valence-corrected chi connectivity index (χ4v) is 9.31. The quantitative estimate of drug-likeness (QED) is 0.194. The second-order valence-electron chi connectivity index (χ2n) is 13.8. The molecule has 51 heavy (non-hydrogen) atoms. The van der Waals surface area contributed by atoms with Gasteiger partial charge in [-0.25, -0.2) is 18.2 Å². The molecular formula is C37H51N5O7S2. The number of rotatable bonds is 18. The molecule has 1 saturated heterocycles. The van der Waals surface area contributed by atoms with Crippen molar-refractivity contribution in [2.24, 2.45) is 11.8 Å². The number of aliphatic hydroxyl groups is 1. The number of urea groups is 1. The molecule has 3 aromatic rings. The van der Waals surface area contributed by atoms with Gasteiger partial charge < -0.3 is 29.7 Å². The summed E-state index contributed by atoms with van der Waals surface area (Å²) in [6, 6.07) is 13.8. The Morgan fingerprint density at radius 2 is 1.78 bits per heavy atom. The number of amides is 3. The van der Waals surface area contributed by atoms with E-state index in [-0.39, 0.29) is 42.3 Å². The molecule has 278 valence electrons. The lowest BCUT2D eigenvalue weighted by atomic mass is 9.97. The van der Waals surface area contributed by atoms with Crippen LogP contribution in [-0.4, -0.2) is 103 Å². The number of nitrogens with zero attached hydrogens (tertiary/aromatic N) is 4. The lowest BCUT2D eigenvalue weighted by Gasteiger charge is -2.34. The number of thiazole rings is 1. The van der Waals surface area contributed by atoms with E-state index in [1.165, 1.54) is 34.9 Å². The smallest absolute Gasteiger partial charge is 0.321 e. The molecule has 1 aliphatic carbocycles. The van der Waals surface area contributed by atoms with Gasteiger partial charge in [0.15, 0.2) is 0 Å². The minimum absolute atomic E-state index is 0.113. The van der Waals surface area contributed by atoms with E-state index in [1.807, 2.05) is 49.6 Å². The molecule has 2 N–H and O–H groups in total. The maximum atomic E-state index is 14.2. The van der Waals surface area contributed by atoms with Crippen LogP contribution in [0.3, 0.4) is 0 Å². The first kappa shape index (κ1) is 38.7. The summed E-state index contributed by atoms with van der Waals surface area (Å²) in [6.45, 7) is 5.41. The number of hydrogen-bond acceptors (Lipinski definition) is 9. The average molecular weight is 742 g/mol. The van der Waals surface area contributed by atoms with E-state index in [1.54, 1.807) is 29.0 Å². The Kier molecular flexibility index (Phi) is 13.5. The number of carbonyl (C=O) groups excluding carboxylic acids is 2. The molecule has 0 radical (unpaired) electrons. The highest BCUT2D eigenvalue weighted by molar-refractivity contribution is 7.89. The molecule has 12 nitrogen and oxygen atoms in total. The summed E-state index contributed by atoms with van der Waals surface area (Å²) in [6.07, 6.45) is 2.95. The van der Waals surface area contributed by atoms with Crippen molar-refractivity contribution in [1.82, 2.24) is 24.4 Å². The maximum Gasteiger partial charge on any atom is 0.321 e. The second-order valence-corrected chi connectivity index (χ2v) is 16.7. The highest BCUT2D eigenvalue weighted by Crippen LogP contribution is 2.29. The number of sulfonamides is 1. The largest absolute Gasteiger partial charge is 0.497 e. The van der Waals surface area contributed by atoms with E-state index in [9.17, 15) is 23.1 Å². The number of benzene rings is 2. The van der Waals surface area contributed by atoms with Gasteiger partial charge in [-0.3, -0.25) is 4.79 Å². The van der Waals surface area contributed by atoms with Gasteiger partial charge in [-0.1, -0.05) is 57.0 Å². The Morgan fingerprint density at radius 1 is 1.08 bits per heavy atom. The fourth-order valence-electron chi connectivity index (χ4n) is 7.02. The molecular weight excluding hydrogens is 691 g/mol. The number of carbonyl (C=O) groups is 2. The van der Waals surface area contributed by atoms with Crippen LogP contribution in [0.1, 0.15) is 55.8 Å². The molecule has 2 fully saturated rings. The van der Waals surface area contributed by atoms with Crippen LogP contribution >= 0.6 is 11.3 Å². The monoisotopic (exact) mass is 741 g/mol. The van der Waals surface area contributed by atoms with Crippen molar-refractivity contribution < 1.29 is 32.6 Å². The van der Waals surface area contributed by atoms with Crippen molar-refractivity contribution >= 4 is 33.3 Å². The van der Waals surface area contributed by atoms with Crippen molar-refractivity contribution in [3.8, 4) is 5.75 Å². The van der Waals surface area contributed by atoms with E-state index in [0.717, 1.165) is 41.9 Å². The molecule has 1 aromatic heterocycles. The van der Waals surface area contributed by atoms with Gasteiger partial charge in [0.2, 0.25) is 15.9 Å². The van der Waals surface area contributed by atoms with E-state index in [4.69, 9.17) is 9.47 Å². The van der Waals surface area contributed by atoms with Crippen molar-refractivity contribution in [3.63, 3.8) is 0 Å². The number of hydrogen-bond donors (Lipinski definition) is 2. The number of ether oxygens (including phenoxy) is 2. The average Bonchev–Trinajstić information content (AvgIpc) is 3.88. The number of methoxy groups -OCH3 is 2. The number of aromatic nitrogens is 1. The Hall–Kier alpha value is -3.56. The molecule has 2 aromatic carbocycles. The second kappa shape index (κ2) is 17.8. The van der Waals surface area contributed by atoms with Gasteiger partial charge in [-0.05, 0) is 60.9 Å². The van der Waals surface area contributed by atoms with Crippen LogP contribution in [0.25, 0.3) is 0 Å². The van der Waals surface area contributed by atoms with Gasteiger partial charge in [0.1, 0.15) is 16.8 Å². The molecule has 14 heteroatoms. The molecule has 5 rings (SSSR count). The maximum absolute atomic E-state index is 14.2.